The molecule has 0 aliphatic heterocycles. The average Bonchev–Trinajstić information content (AvgIpc) is 2.14. The average molecular weight is 1080 g/mol. The topological polar surface area (TPSA) is 133 Å². The molecule has 392 valence electrons. The predicted molar refractivity (Wildman–Crippen MR) is 317 cm³/mol. The van der Waals surface area contributed by atoms with Gasteiger partial charge in [-0.2, -0.15) is 0 Å². The maximum absolute atomic E-state index is 15.8. The number of carbonyl (C=O) groups excluding carboxylic acids is 4. The molecule has 0 bridgehead atoms. The second kappa shape index (κ2) is 22.4. The molecule has 13 heteroatoms. The van der Waals surface area contributed by atoms with E-state index in [9.17, 15) is 9.59 Å². The molecule has 0 atom stereocenters. The molecule has 0 N–H and O–H groups in total. The zero-order valence-corrected chi connectivity index (χ0v) is 44.0. The van der Waals surface area contributed by atoms with Gasteiger partial charge >= 0.3 is 361 Å². The van der Waals surface area contributed by atoms with Gasteiger partial charge in [-0.25, -0.2) is 0 Å². The van der Waals surface area contributed by atoms with Gasteiger partial charge in [0.05, 0.1) is 0 Å². The Balaban J connectivity index is 0.993. The summed E-state index contributed by atoms with van der Waals surface area (Å²) in [7, 11) is -2.30. The Labute approximate surface area is 465 Å². The fourth-order valence-corrected chi connectivity index (χ4v) is 16.7. The van der Waals surface area contributed by atoms with Crippen LogP contribution < -0.4 is 21.2 Å². The smallest absolute Gasteiger partial charge is 0.0616 e. The maximum atomic E-state index is 15.8. The normalized spacial score (nSPS) is 11.8. The van der Waals surface area contributed by atoms with Crippen LogP contribution >= 0.6 is 6.83 Å². The van der Waals surface area contributed by atoms with Crippen molar-refractivity contribution >= 4 is 102 Å². The molecule has 0 aromatic heterocycles. The summed E-state index contributed by atoms with van der Waals surface area (Å²) in [6.45, 7) is -4.94. The minimum atomic E-state index is -4.94. The number of benzene rings is 12. The molecular weight excluding hydrogens is 1030 g/mol. The van der Waals surface area contributed by atoms with Gasteiger partial charge in [-0.3, -0.25) is 0 Å². The van der Waals surface area contributed by atoms with E-state index in [4.69, 9.17) is 33.6 Å². The van der Waals surface area contributed by atoms with Gasteiger partial charge in [0.15, 0.2) is 0 Å². The fourth-order valence-electron chi connectivity index (χ4n) is 10.9. The summed E-state index contributed by atoms with van der Waals surface area (Å²) in [5, 5.41) is 8.00. The van der Waals surface area contributed by atoms with E-state index in [2.05, 4.69) is 0 Å². The summed E-state index contributed by atoms with van der Waals surface area (Å²) < 4.78 is 7.73. The quantitative estimate of drug-likeness (QED) is 0.0396. The summed E-state index contributed by atoms with van der Waals surface area (Å²) in [5.74, 6) is -3.54. The first-order chi connectivity index (χ1) is 39.8. The third-order valence-corrected chi connectivity index (χ3v) is 20.1. The molecule has 0 saturated carbocycles. The Bertz CT molecular complexity index is 4140. The van der Waals surface area contributed by atoms with Crippen LogP contribution in [0.1, 0.15) is 41.4 Å². The van der Waals surface area contributed by atoms with Crippen molar-refractivity contribution in [1.82, 2.24) is 0 Å². The van der Waals surface area contributed by atoms with Gasteiger partial charge in [0.1, 0.15) is 0 Å². The molecule has 0 amide bonds. The SMILES string of the molecule is O=C(OOB(OOC(=O)c1cccc2ccccc12)OOC(=O)c1c(-c2ccccc2P(OC(=O)c2cccc3ccccc23)(c2ccccc2)(c2ccccc2)c2ccccc2)ccc2ccccc12)c1cccc2ccccc12. The molecule has 12 aromatic rings. The Morgan fingerprint density at radius 2 is 0.630 bits per heavy atom. The van der Waals surface area contributed by atoms with Crippen molar-refractivity contribution in [1.29, 1.82) is 0 Å². The number of hydrogen-bond acceptors (Lipinski definition) is 11. The van der Waals surface area contributed by atoms with E-state index in [1.165, 1.54) is 0 Å². The second-order valence-electron chi connectivity index (χ2n) is 18.9. The molecule has 12 aromatic carbocycles. The van der Waals surface area contributed by atoms with E-state index in [1.807, 2.05) is 206 Å². The van der Waals surface area contributed by atoms with Crippen molar-refractivity contribution in [3.8, 4) is 11.1 Å². The zero-order chi connectivity index (χ0) is 55.2. The van der Waals surface area contributed by atoms with Crippen LogP contribution in [-0.4, -0.2) is 31.2 Å². The van der Waals surface area contributed by atoms with Crippen molar-refractivity contribution in [3.05, 3.63) is 301 Å². The van der Waals surface area contributed by atoms with E-state index in [0.717, 1.165) is 16.2 Å². The summed E-state index contributed by atoms with van der Waals surface area (Å²) in [6.07, 6.45) is 0. The van der Waals surface area contributed by atoms with Crippen LogP contribution in [0, 0.1) is 0 Å². The summed E-state index contributed by atoms with van der Waals surface area (Å²) in [6, 6.07) is 85.4. The summed E-state index contributed by atoms with van der Waals surface area (Å²) in [5.41, 5.74) is 1.52. The Morgan fingerprint density at radius 1 is 0.284 bits per heavy atom. The fraction of sp³-hybridized carbons (Fsp3) is 0. The Kier molecular flexibility index (Phi) is 14.3. The number of rotatable bonds is 16. The van der Waals surface area contributed by atoms with Crippen LogP contribution in [0.25, 0.3) is 54.2 Å². The number of fused-ring (bicyclic) bond motifs is 4. The summed E-state index contributed by atoms with van der Waals surface area (Å²) in [4.78, 5) is 91.3. The first-order valence-electron chi connectivity index (χ1n) is 25.9. The van der Waals surface area contributed by atoms with Crippen LogP contribution in [0.5, 0.6) is 0 Å². The van der Waals surface area contributed by atoms with Crippen molar-refractivity contribution < 1.29 is 52.8 Å². The molecule has 0 aliphatic carbocycles. The molecule has 0 saturated heterocycles. The van der Waals surface area contributed by atoms with Crippen molar-refractivity contribution in [2.24, 2.45) is 0 Å². The van der Waals surface area contributed by atoms with Gasteiger partial charge in [-0.1, -0.05) is 72.8 Å². The van der Waals surface area contributed by atoms with Crippen molar-refractivity contribution in [3.63, 3.8) is 0 Å². The third-order valence-electron chi connectivity index (χ3n) is 14.4. The molecule has 0 heterocycles. The minimum Gasteiger partial charge on any atom is -0.0616 e. The van der Waals surface area contributed by atoms with Crippen LogP contribution in [0.3, 0.4) is 0 Å². The first-order valence-corrected chi connectivity index (χ1v) is 28.1. The van der Waals surface area contributed by atoms with Crippen LogP contribution in [-0.2, 0) is 33.6 Å². The van der Waals surface area contributed by atoms with Crippen LogP contribution in [0.2, 0.25) is 0 Å². The van der Waals surface area contributed by atoms with E-state index in [0.29, 0.717) is 64.8 Å². The number of hydrogen-bond donors (Lipinski definition) is 0. The molecule has 11 nitrogen and oxygen atoms in total. The minimum absolute atomic E-state index is 0.0194. The van der Waals surface area contributed by atoms with Gasteiger partial charge in [0.25, 0.3) is 0 Å². The molecule has 0 aliphatic rings. The van der Waals surface area contributed by atoms with E-state index in [-0.39, 0.29) is 16.7 Å². The Hall–Kier alpha value is -10.1. The first kappa shape index (κ1) is 51.7. The zero-order valence-electron chi connectivity index (χ0n) is 43.1. The number of carbonyl (C=O) groups is 4. The van der Waals surface area contributed by atoms with Crippen molar-refractivity contribution in [2.45, 2.75) is 0 Å². The van der Waals surface area contributed by atoms with Crippen LogP contribution in [0.15, 0.2) is 279 Å². The monoisotopic (exact) mass is 1080 g/mol. The van der Waals surface area contributed by atoms with Gasteiger partial charge in [-0.05, 0) is 33.7 Å². The second-order valence-corrected chi connectivity index (χ2v) is 23.2. The van der Waals surface area contributed by atoms with Gasteiger partial charge in [0.2, 0.25) is 0 Å². The molecule has 81 heavy (non-hydrogen) atoms. The van der Waals surface area contributed by atoms with E-state index >= 15 is 9.59 Å². The molecule has 12 rings (SSSR count). The molecule has 0 fully saturated rings. The van der Waals surface area contributed by atoms with E-state index < -0.39 is 38.0 Å². The van der Waals surface area contributed by atoms with Gasteiger partial charge in [-0.15, -0.1) is 0 Å². The molecule has 0 radical (unpaired) electrons. The predicted octanol–water partition coefficient (Wildman–Crippen LogP) is 13.5. The Morgan fingerprint density at radius 3 is 1.09 bits per heavy atom. The molecule has 0 spiro atoms. The third kappa shape index (κ3) is 9.44. The summed E-state index contributed by atoms with van der Waals surface area (Å²) >= 11 is 0. The van der Waals surface area contributed by atoms with E-state index in [1.54, 1.807) is 72.8 Å². The molecule has 0 unspecified atom stereocenters. The standard InChI is InChI=1S/C68H46BO11P/c70-65(60-41-20-27-47-23-10-14-36-54(47)60)74-78-69(79-75-66(71)61-42-21-28-48-24-11-15-37-55(48)61)80-76-68(73)64-57-39-17-13-26-50(57)45-46-59(64)58-40-18-19-44-63(58)81(51-30-4-1-5-31-51,52-32-6-2-7-33-52,53-34-8-3-9-35-53)77-67(72)62-43-22-29-49-25-12-16-38-56(49)62/h1-46H. The van der Waals surface area contributed by atoms with Gasteiger partial charge in [0, 0.05) is 0 Å². The molecular formula is C68H46BO11P. The van der Waals surface area contributed by atoms with Gasteiger partial charge < -0.3 is 0 Å². The van der Waals surface area contributed by atoms with Crippen molar-refractivity contribution in [2.75, 3.05) is 0 Å². The van der Waals surface area contributed by atoms with Crippen LogP contribution in [0.4, 0.5) is 0 Å².